The van der Waals surface area contributed by atoms with E-state index < -0.39 is 0 Å². The number of cyclic esters (lactones) is 1. The molecule has 1 aliphatic rings. The Morgan fingerprint density at radius 2 is 1.70 bits per heavy atom. The monoisotopic (exact) mass is 308 g/mol. The Balaban J connectivity index is 1.93. The predicted molar refractivity (Wildman–Crippen MR) is 88.0 cm³/mol. The molecule has 1 aliphatic heterocycles. The molecule has 3 rings (SSSR count). The van der Waals surface area contributed by atoms with Crippen molar-refractivity contribution in [1.29, 1.82) is 0 Å². The van der Waals surface area contributed by atoms with Gasteiger partial charge in [0, 0.05) is 5.56 Å². The van der Waals surface area contributed by atoms with Gasteiger partial charge in [0.15, 0.2) is 11.5 Å². The molecular weight excluding hydrogens is 292 g/mol. The second-order valence-electron chi connectivity index (χ2n) is 4.98. The van der Waals surface area contributed by atoms with E-state index in [0.29, 0.717) is 22.8 Å². The van der Waals surface area contributed by atoms with Gasteiger partial charge in [-0.25, -0.2) is 4.79 Å². The van der Waals surface area contributed by atoms with Gasteiger partial charge in [0.05, 0.1) is 19.8 Å². The minimum atomic E-state index is -0.362. The number of hydrogen-bond acceptors (Lipinski definition) is 4. The summed E-state index contributed by atoms with van der Waals surface area (Å²) in [4.78, 5) is 12.0. The summed E-state index contributed by atoms with van der Waals surface area (Å²) >= 11 is 0. The zero-order valence-corrected chi connectivity index (χ0v) is 12.9. The highest BCUT2D eigenvalue weighted by atomic mass is 16.5. The van der Waals surface area contributed by atoms with Gasteiger partial charge in [0.2, 0.25) is 0 Å². The SMILES string of the molecule is COc1ccc(C=C2C=C(c3ccccc3)OC2=O)cc1OC. The summed E-state index contributed by atoms with van der Waals surface area (Å²) in [6.45, 7) is 0. The van der Waals surface area contributed by atoms with E-state index in [1.807, 2.05) is 42.5 Å². The van der Waals surface area contributed by atoms with Crippen molar-refractivity contribution in [2.24, 2.45) is 0 Å². The third kappa shape index (κ3) is 3.11. The molecule has 0 spiro atoms. The average molecular weight is 308 g/mol. The van der Waals surface area contributed by atoms with Gasteiger partial charge in [-0.3, -0.25) is 0 Å². The molecule has 2 aromatic carbocycles. The fourth-order valence-electron chi connectivity index (χ4n) is 2.36. The van der Waals surface area contributed by atoms with E-state index >= 15 is 0 Å². The molecule has 0 atom stereocenters. The first-order valence-corrected chi connectivity index (χ1v) is 7.14. The maximum atomic E-state index is 12.0. The van der Waals surface area contributed by atoms with Crippen molar-refractivity contribution in [2.45, 2.75) is 0 Å². The smallest absolute Gasteiger partial charge is 0.343 e. The highest BCUT2D eigenvalue weighted by molar-refractivity contribution is 6.05. The Morgan fingerprint density at radius 1 is 0.957 bits per heavy atom. The van der Waals surface area contributed by atoms with Crippen LogP contribution in [0.3, 0.4) is 0 Å². The van der Waals surface area contributed by atoms with Gasteiger partial charge in [0.25, 0.3) is 0 Å². The summed E-state index contributed by atoms with van der Waals surface area (Å²) in [6.07, 6.45) is 3.51. The summed E-state index contributed by atoms with van der Waals surface area (Å²) in [7, 11) is 3.16. The van der Waals surface area contributed by atoms with Crippen molar-refractivity contribution >= 4 is 17.8 Å². The molecule has 1 heterocycles. The summed E-state index contributed by atoms with van der Waals surface area (Å²) in [5.41, 5.74) is 2.20. The molecule has 2 aromatic rings. The van der Waals surface area contributed by atoms with Crippen LogP contribution in [0.4, 0.5) is 0 Å². The molecule has 0 bridgehead atoms. The van der Waals surface area contributed by atoms with Crippen LogP contribution in [0, 0.1) is 0 Å². The second-order valence-corrected chi connectivity index (χ2v) is 4.98. The molecule has 0 aliphatic carbocycles. The molecule has 0 saturated heterocycles. The Bertz CT molecular complexity index is 788. The Labute approximate surface area is 134 Å². The molecule has 0 aromatic heterocycles. The third-order valence-corrected chi connectivity index (χ3v) is 3.51. The Morgan fingerprint density at radius 3 is 2.39 bits per heavy atom. The van der Waals surface area contributed by atoms with Crippen LogP contribution in [-0.2, 0) is 9.53 Å². The van der Waals surface area contributed by atoms with E-state index in [1.165, 1.54) is 0 Å². The van der Waals surface area contributed by atoms with Gasteiger partial charge in [-0.05, 0) is 29.8 Å². The van der Waals surface area contributed by atoms with Crippen LogP contribution in [0.25, 0.3) is 11.8 Å². The van der Waals surface area contributed by atoms with E-state index in [-0.39, 0.29) is 5.97 Å². The number of methoxy groups -OCH3 is 2. The van der Waals surface area contributed by atoms with Crippen LogP contribution < -0.4 is 9.47 Å². The topological polar surface area (TPSA) is 44.8 Å². The largest absolute Gasteiger partial charge is 0.493 e. The fourth-order valence-corrected chi connectivity index (χ4v) is 2.36. The van der Waals surface area contributed by atoms with Crippen molar-refractivity contribution in [2.75, 3.05) is 14.2 Å². The molecule has 116 valence electrons. The first-order valence-electron chi connectivity index (χ1n) is 7.14. The molecule has 0 unspecified atom stereocenters. The molecule has 4 heteroatoms. The summed E-state index contributed by atoms with van der Waals surface area (Å²) in [5.74, 6) is 1.45. The molecule has 0 saturated carbocycles. The number of carbonyl (C=O) groups is 1. The lowest BCUT2D eigenvalue weighted by Gasteiger charge is -2.07. The van der Waals surface area contributed by atoms with Crippen LogP contribution in [0.5, 0.6) is 11.5 Å². The number of benzene rings is 2. The van der Waals surface area contributed by atoms with Gasteiger partial charge in [0.1, 0.15) is 5.76 Å². The quantitative estimate of drug-likeness (QED) is 0.638. The second kappa shape index (κ2) is 6.40. The normalized spacial score (nSPS) is 15.3. The van der Waals surface area contributed by atoms with Crippen molar-refractivity contribution < 1.29 is 19.0 Å². The molecule has 23 heavy (non-hydrogen) atoms. The lowest BCUT2D eigenvalue weighted by atomic mass is 10.1. The highest BCUT2D eigenvalue weighted by Crippen LogP contribution is 2.31. The third-order valence-electron chi connectivity index (χ3n) is 3.51. The lowest BCUT2D eigenvalue weighted by Crippen LogP contribution is -1.97. The first kappa shape index (κ1) is 14.9. The molecular formula is C19H16O4. The van der Waals surface area contributed by atoms with Gasteiger partial charge in [-0.1, -0.05) is 36.4 Å². The molecule has 0 amide bonds. The van der Waals surface area contributed by atoms with Crippen LogP contribution in [0.15, 0.2) is 60.2 Å². The Kier molecular flexibility index (Phi) is 4.15. The lowest BCUT2D eigenvalue weighted by molar-refractivity contribution is -0.130. The van der Waals surface area contributed by atoms with Gasteiger partial charge < -0.3 is 14.2 Å². The standard InChI is InChI=1S/C19H16O4/c1-21-16-9-8-13(11-18(16)22-2)10-15-12-17(23-19(15)20)14-6-4-3-5-7-14/h3-12H,1-2H3. The first-order chi connectivity index (χ1) is 11.2. The van der Waals surface area contributed by atoms with Gasteiger partial charge in [-0.15, -0.1) is 0 Å². The number of rotatable bonds is 4. The van der Waals surface area contributed by atoms with E-state index in [9.17, 15) is 4.79 Å². The van der Waals surface area contributed by atoms with Crippen molar-refractivity contribution in [3.8, 4) is 11.5 Å². The molecule has 0 N–H and O–H groups in total. The number of ether oxygens (including phenoxy) is 3. The summed E-state index contributed by atoms with van der Waals surface area (Å²) in [5, 5.41) is 0. The maximum Gasteiger partial charge on any atom is 0.343 e. The summed E-state index contributed by atoms with van der Waals surface area (Å²) in [6, 6.07) is 15.0. The summed E-state index contributed by atoms with van der Waals surface area (Å²) < 4.78 is 15.8. The molecule has 0 fully saturated rings. The minimum Gasteiger partial charge on any atom is -0.493 e. The van der Waals surface area contributed by atoms with E-state index in [4.69, 9.17) is 14.2 Å². The predicted octanol–water partition coefficient (Wildman–Crippen LogP) is 3.69. The van der Waals surface area contributed by atoms with E-state index in [0.717, 1.165) is 11.1 Å². The fraction of sp³-hybridized carbons (Fsp3) is 0.105. The van der Waals surface area contributed by atoms with Crippen LogP contribution in [-0.4, -0.2) is 20.2 Å². The van der Waals surface area contributed by atoms with Crippen molar-refractivity contribution in [1.82, 2.24) is 0 Å². The van der Waals surface area contributed by atoms with Crippen molar-refractivity contribution in [3.05, 3.63) is 71.3 Å². The zero-order chi connectivity index (χ0) is 16.2. The maximum absolute atomic E-state index is 12.0. The number of esters is 1. The van der Waals surface area contributed by atoms with Gasteiger partial charge in [-0.2, -0.15) is 0 Å². The molecule has 0 radical (unpaired) electrons. The van der Waals surface area contributed by atoms with Crippen molar-refractivity contribution in [3.63, 3.8) is 0 Å². The molecule has 4 nitrogen and oxygen atoms in total. The number of carbonyl (C=O) groups excluding carboxylic acids is 1. The average Bonchev–Trinajstić information content (AvgIpc) is 2.96. The van der Waals surface area contributed by atoms with E-state index in [2.05, 4.69) is 0 Å². The van der Waals surface area contributed by atoms with E-state index in [1.54, 1.807) is 32.4 Å². The van der Waals surface area contributed by atoms with Crippen LogP contribution in [0.1, 0.15) is 11.1 Å². The van der Waals surface area contributed by atoms with Gasteiger partial charge >= 0.3 is 5.97 Å². The highest BCUT2D eigenvalue weighted by Gasteiger charge is 2.21. The van der Waals surface area contributed by atoms with Crippen LogP contribution in [0.2, 0.25) is 0 Å². The van der Waals surface area contributed by atoms with Crippen LogP contribution >= 0.6 is 0 Å². The zero-order valence-electron chi connectivity index (χ0n) is 12.9. The number of hydrogen-bond donors (Lipinski definition) is 0. The minimum absolute atomic E-state index is 0.362. The Hall–Kier alpha value is -3.01.